The van der Waals surface area contributed by atoms with Crippen molar-refractivity contribution in [2.45, 2.75) is 6.92 Å². The molecule has 152 valence electrons. The Labute approximate surface area is 168 Å². The first-order valence-corrected chi connectivity index (χ1v) is 9.31. The summed E-state index contributed by atoms with van der Waals surface area (Å²) in [5, 5.41) is 15.6. The van der Waals surface area contributed by atoms with Gasteiger partial charge in [-0.15, -0.1) is 15.3 Å². The minimum Gasteiger partial charge on any atom is -0.493 e. The van der Waals surface area contributed by atoms with Crippen molar-refractivity contribution < 1.29 is 14.3 Å². The molecule has 0 saturated carbocycles. The van der Waals surface area contributed by atoms with E-state index in [4.69, 9.17) is 9.47 Å². The van der Waals surface area contributed by atoms with Gasteiger partial charge in [0, 0.05) is 37.9 Å². The van der Waals surface area contributed by atoms with Crippen LogP contribution in [0.15, 0.2) is 30.3 Å². The maximum atomic E-state index is 12.6. The predicted molar refractivity (Wildman–Crippen MR) is 108 cm³/mol. The number of nitrogens with one attached hydrogen (secondary N) is 1. The van der Waals surface area contributed by atoms with E-state index in [2.05, 4.69) is 25.5 Å². The van der Waals surface area contributed by atoms with Crippen LogP contribution in [0.4, 0.5) is 16.3 Å². The Balaban J connectivity index is 1.38. The van der Waals surface area contributed by atoms with Crippen molar-refractivity contribution in [1.29, 1.82) is 0 Å². The van der Waals surface area contributed by atoms with E-state index in [1.54, 1.807) is 41.8 Å². The maximum Gasteiger partial charge on any atom is 0.321 e. The van der Waals surface area contributed by atoms with Gasteiger partial charge in [0.1, 0.15) is 5.82 Å². The molecule has 3 heterocycles. The zero-order chi connectivity index (χ0) is 20.4. The lowest BCUT2D eigenvalue weighted by Crippen LogP contribution is -2.50. The summed E-state index contributed by atoms with van der Waals surface area (Å²) in [4.78, 5) is 16.6. The second-order valence-corrected chi connectivity index (χ2v) is 6.68. The third-order valence-corrected chi connectivity index (χ3v) is 4.93. The van der Waals surface area contributed by atoms with Crippen LogP contribution in [0.3, 0.4) is 0 Å². The molecule has 0 unspecified atom stereocenters. The number of rotatable bonds is 4. The number of hydrogen-bond acceptors (Lipinski definition) is 7. The molecule has 2 amide bonds. The largest absolute Gasteiger partial charge is 0.493 e. The van der Waals surface area contributed by atoms with Gasteiger partial charge in [0.25, 0.3) is 0 Å². The first-order chi connectivity index (χ1) is 14.1. The van der Waals surface area contributed by atoms with Crippen LogP contribution in [0.25, 0.3) is 5.65 Å². The second kappa shape index (κ2) is 7.82. The van der Waals surface area contributed by atoms with Gasteiger partial charge in [-0.1, -0.05) is 0 Å². The van der Waals surface area contributed by atoms with Gasteiger partial charge in [-0.25, -0.2) is 4.79 Å². The third kappa shape index (κ3) is 3.73. The summed E-state index contributed by atoms with van der Waals surface area (Å²) in [7, 11) is 3.14. The Hall–Kier alpha value is -3.56. The highest BCUT2D eigenvalue weighted by atomic mass is 16.5. The number of ether oxygens (including phenoxy) is 2. The van der Waals surface area contributed by atoms with Gasteiger partial charge in [0.05, 0.1) is 14.2 Å². The molecule has 1 saturated heterocycles. The number of amides is 2. The summed E-state index contributed by atoms with van der Waals surface area (Å²) in [6.45, 7) is 4.45. The Morgan fingerprint density at radius 2 is 1.76 bits per heavy atom. The molecule has 10 nitrogen and oxygen atoms in total. The van der Waals surface area contributed by atoms with Gasteiger partial charge in [0.15, 0.2) is 23.0 Å². The fourth-order valence-corrected chi connectivity index (χ4v) is 3.31. The Bertz CT molecular complexity index is 1030. The molecular weight excluding hydrogens is 374 g/mol. The van der Waals surface area contributed by atoms with E-state index in [0.717, 1.165) is 17.3 Å². The number of carbonyl (C=O) groups excluding carboxylic acids is 1. The number of anilines is 2. The molecule has 1 fully saturated rings. The molecule has 0 radical (unpaired) electrons. The first-order valence-electron chi connectivity index (χ1n) is 9.31. The van der Waals surface area contributed by atoms with Crippen molar-refractivity contribution in [2.75, 3.05) is 50.6 Å². The summed E-state index contributed by atoms with van der Waals surface area (Å²) in [5.74, 6) is 2.78. The highest BCUT2D eigenvalue weighted by Crippen LogP contribution is 2.29. The first kappa shape index (κ1) is 18.8. The number of urea groups is 1. The van der Waals surface area contributed by atoms with Crippen molar-refractivity contribution in [3.8, 4) is 11.5 Å². The number of piperazine rings is 1. The monoisotopic (exact) mass is 397 g/mol. The van der Waals surface area contributed by atoms with Crippen LogP contribution in [0.2, 0.25) is 0 Å². The van der Waals surface area contributed by atoms with E-state index in [-0.39, 0.29) is 6.03 Å². The van der Waals surface area contributed by atoms with Crippen molar-refractivity contribution in [1.82, 2.24) is 24.7 Å². The molecule has 0 aliphatic carbocycles. The average Bonchev–Trinajstić information content (AvgIpc) is 3.14. The summed E-state index contributed by atoms with van der Waals surface area (Å²) in [6, 6.07) is 8.99. The van der Waals surface area contributed by atoms with Crippen LogP contribution >= 0.6 is 0 Å². The fourth-order valence-electron chi connectivity index (χ4n) is 3.31. The molecule has 1 aliphatic heterocycles. The summed E-state index contributed by atoms with van der Waals surface area (Å²) in [6.07, 6.45) is 0. The smallest absolute Gasteiger partial charge is 0.321 e. The molecule has 29 heavy (non-hydrogen) atoms. The molecule has 4 rings (SSSR count). The topological polar surface area (TPSA) is 97.1 Å². The number of aryl methyl sites for hydroxylation is 1. The minimum absolute atomic E-state index is 0.144. The molecule has 0 spiro atoms. The van der Waals surface area contributed by atoms with E-state index >= 15 is 0 Å². The normalized spacial score (nSPS) is 14.2. The number of aromatic nitrogens is 4. The quantitative estimate of drug-likeness (QED) is 0.717. The highest BCUT2D eigenvalue weighted by molar-refractivity contribution is 5.90. The number of methoxy groups -OCH3 is 2. The number of hydrogen-bond donors (Lipinski definition) is 1. The standard InChI is InChI=1S/C19H23N7O3/c1-13-21-22-17-6-7-18(23-26(13)17)24-8-10-25(11-9-24)19(27)20-14-4-5-15(28-2)16(12-14)29-3/h4-7,12H,8-11H2,1-3H3,(H,20,27). The van der Waals surface area contributed by atoms with E-state index < -0.39 is 0 Å². The summed E-state index contributed by atoms with van der Waals surface area (Å²) in [5.41, 5.74) is 1.38. The van der Waals surface area contributed by atoms with E-state index in [9.17, 15) is 4.79 Å². The molecule has 3 aromatic rings. The van der Waals surface area contributed by atoms with Crippen molar-refractivity contribution in [2.24, 2.45) is 0 Å². The van der Waals surface area contributed by atoms with Gasteiger partial charge in [-0.05, 0) is 31.2 Å². The van der Waals surface area contributed by atoms with Gasteiger partial charge >= 0.3 is 6.03 Å². The van der Waals surface area contributed by atoms with E-state index in [0.29, 0.717) is 43.4 Å². The molecule has 2 aromatic heterocycles. The number of fused-ring (bicyclic) bond motifs is 1. The van der Waals surface area contributed by atoms with Crippen LogP contribution < -0.4 is 19.7 Å². The van der Waals surface area contributed by atoms with Crippen LogP contribution in [0.5, 0.6) is 11.5 Å². The third-order valence-electron chi connectivity index (χ3n) is 4.93. The summed E-state index contributed by atoms with van der Waals surface area (Å²) >= 11 is 0. The number of benzene rings is 1. The number of carbonyl (C=O) groups is 1. The minimum atomic E-state index is -0.144. The Morgan fingerprint density at radius 1 is 1.00 bits per heavy atom. The van der Waals surface area contributed by atoms with E-state index in [1.165, 1.54) is 0 Å². The highest BCUT2D eigenvalue weighted by Gasteiger charge is 2.23. The summed E-state index contributed by atoms with van der Waals surface area (Å²) < 4.78 is 12.2. The lowest BCUT2D eigenvalue weighted by atomic mass is 10.2. The second-order valence-electron chi connectivity index (χ2n) is 6.68. The average molecular weight is 397 g/mol. The number of nitrogens with zero attached hydrogens (tertiary/aromatic N) is 6. The van der Waals surface area contributed by atoms with Crippen LogP contribution in [-0.4, -0.2) is 71.1 Å². The molecular formula is C19H23N7O3. The lowest BCUT2D eigenvalue weighted by Gasteiger charge is -2.35. The maximum absolute atomic E-state index is 12.6. The molecule has 0 bridgehead atoms. The molecule has 1 aromatic carbocycles. The van der Waals surface area contributed by atoms with Gasteiger partial charge in [-0.3, -0.25) is 0 Å². The van der Waals surface area contributed by atoms with Crippen LogP contribution in [-0.2, 0) is 0 Å². The van der Waals surface area contributed by atoms with Crippen LogP contribution in [0, 0.1) is 6.92 Å². The Kier molecular flexibility index (Phi) is 5.07. The van der Waals surface area contributed by atoms with Crippen molar-refractivity contribution in [3.63, 3.8) is 0 Å². The van der Waals surface area contributed by atoms with Crippen molar-refractivity contribution in [3.05, 3.63) is 36.2 Å². The Morgan fingerprint density at radius 3 is 2.48 bits per heavy atom. The molecule has 0 atom stereocenters. The molecule has 1 N–H and O–H groups in total. The van der Waals surface area contributed by atoms with E-state index in [1.807, 2.05) is 19.1 Å². The lowest BCUT2D eigenvalue weighted by molar-refractivity contribution is 0.208. The van der Waals surface area contributed by atoms with Crippen molar-refractivity contribution >= 4 is 23.2 Å². The molecule has 10 heteroatoms. The zero-order valence-electron chi connectivity index (χ0n) is 16.6. The van der Waals surface area contributed by atoms with Gasteiger partial charge < -0.3 is 24.6 Å². The zero-order valence-corrected chi connectivity index (χ0v) is 16.6. The molecule has 1 aliphatic rings. The van der Waals surface area contributed by atoms with Crippen LogP contribution in [0.1, 0.15) is 5.82 Å². The fraction of sp³-hybridized carbons (Fsp3) is 0.368. The predicted octanol–water partition coefficient (Wildman–Crippen LogP) is 1.80. The SMILES string of the molecule is COc1ccc(NC(=O)N2CCN(c3ccc4nnc(C)n4n3)CC2)cc1OC. The van der Waals surface area contributed by atoms with Gasteiger partial charge in [-0.2, -0.15) is 4.52 Å². The van der Waals surface area contributed by atoms with Gasteiger partial charge in [0.2, 0.25) is 0 Å².